The maximum absolute atomic E-state index is 4.40. The molecule has 2 aromatic heterocycles. The Balaban J connectivity index is 1.83. The summed E-state index contributed by atoms with van der Waals surface area (Å²) < 4.78 is 4.00. The van der Waals surface area contributed by atoms with E-state index in [2.05, 4.69) is 47.4 Å². The third kappa shape index (κ3) is 4.32. The molecule has 2 heterocycles. The maximum atomic E-state index is 4.40. The second-order valence-electron chi connectivity index (χ2n) is 5.01. The standard InChI is InChI=1S/C15H26N6/c1-4-19(5-2)9-10-20-13-14(11-18-20)16-12-15-7-8-17-21(15)6-3/h7-8,11,13,16H,4-6,9-10,12H2,1-3H3. The minimum Gasteiger partial charge on any atom is -0.377 e. The lowest BCUT2D eigenvalue weighted by molar-refractivity contribution is 0.285. The predicted molar refractivity (Wildman–Crippen MR) is 85.2 cm³/mol. The molecule has 0 bridgehead atoms. The van der Waals surface area contributed by atoms with Crippen LogP contribution in [0.4, 0.5) is 5.69 Å². The Morgan fingerprint density at radius 3 is 2.71 bits per heavy atom. The van der Waals surface area contributed by atoms with E-state index >= 15 is 0 Å². The predicted octanol–water partition coefficient (Wildman–Crippen LogP) is 2.05. The van der Waals surface area contributed by atoms with E-state index in [1.54, 1.807) is 0 Å². The first-order chi connectivity index (χ1) is 10.3. The molecule has 0 saturated carbocycles. The monoisotopic (exact) mass is 290 g/mol. The first-order valence-electron chi connectivity index (χ1n) is 7.76. The molecule has 0 saturated heterocycles. The molecule has 1 N–H and O–H groups in total. The molecule has 0 radical (unpaired) electrons. The Morgan fingerprint density at radius 2 is 2.00 bits per heavy atom. The van der Waals surface area contributed by atoms with Crippen LogP contribution in [0.1, 0.15) is 26.5 Å². The topological polar surface area (TPSA) is 50.9 Å². The molecule has 0 amide bonds. The van der Waals surface area contributed by atoms with Crippen LogP contribution in [0.5, 0.6) is 0 Å². The summed E-state index contributed by atoms with van der Waals surface area (Å²) in [5.74, 6) is 0. The molecule has 0 aromatic carbocycles. The van der Waals surface area contributed by atoms with Crippen molar-refractivity contribution in [3.63, 3.8) is 0 Å². The zero-order valence-corrected chi connectivity index (χ0v) is 13.3. The summed E-state index contributed by atoms with van der Waals surface area (Å²) in [7, 11) is 0. The maximum Gasteiger partial charge on any atom is 0.0729 e. The van der Waals surface area contributed by atoms with Crippen molar-refractivity contribution < 1.29 is 0 Å². The Hall–Kier alpha value is -1.82. The third-order valence-electron chi connectivity index (χ3n) is 3.75. The van der Waals surface area contributed by atoms with Gasteiger partial charge in [-0.3, -0.25) is 9.36 Å². The van der Waals surface area contributed by atoms with E-state index in [9.17, 15) is 0 Å². The van der Waals surface area contributed by atoms with Gasteiger partial charge in [-0.2, -0.15) is 10.2 Å². The molecule has 2 rings (SSSR count). The number of likely N-dealkylation sites (N-methyl/N-ethyl adjacent to an activating group) is 1. The highest BCUT2D eigenvalue weighted by atomic mass is 15.3. The van der Waals surface area contributed by atoms with Crippen LogP contribution in [0.2, 0.25) is 0 Å². The van der Waals surface area contributed by atoms with Gasteiger partial charge in [0.05, 0.1) is 30.7 Å². The highest BCUT2D eigenvalue weighted by Gasteiger charge is 2.04. The Kier molecular flexibility index (Phi) is 5.80. The molecule has 0 fully saturated rings. The molecule has 0 atom stereocenters. The van der Waals surface area contributed by atoms with Crippen LogP contribution in [0, 0.1) is 0 Å². The number of hydrogen-bond donors (Lipinski definition) is 1. The number of anilines is 1. The minimum absolute atomic E-state index is 0.773. The molecule has 0 spiro atoms. The van der Waals surface area contributed by atoms with Crippen molar-refractivity contribution in [2.45, 2.75) is 40.4 Å². The average molecular weight is 290 g/mol. The van der Waals surface area contributed by atoms with E-state index in [0.717, 1.165) is 45.0 Å². The van der Waals surface area contributed by atoms with Gasteiger partial charge in [0.1, 0.15) is 0 Å². The van der Waals surface area contributed by atoms with E-state index in [4.69, 9.17) is 0 Å². The van der Waals surface area contributed by atoms with Crippen LogP contribution in [0.3, 0.4) is 0 Å². The van der Waals surface area contributed by atoms with Crippen LogP contribution < -0.4 is 5.32 Å². The fourth-order valence-electron chi connectivity index (χ4n) is 2.35. The second-order valence-corrected chi connectivity index (χ2v) is 5.01. The van der Waals surface area contributed by atoms with Crippen molar-refractivity contribution in [2.24, 2.45) is 0 Å². The normalized spacial score (nSPS) is 11.2. The fourth-order valence-corrected chi connectivity index (χ4v) is 2.35. The highest BCUT2D eigenvalue weighted by Crippen LogP contribution is 2.08. The van der Waals surface area contributed by atoms with Gasteiger partial charge in [-0.25, -0.2) is 0 Å². The molecule has 0 aliphatic heterocycles. The van der Waals surface area contributed by atoms with E-state index in [1.807, 2.05) is 27.8 Å². The quantitative estimate of drug-likeness (QED) is 0.768. The van der Waals surface area contributed by atoms with Gasteiger partial charge in [-0.1, -0.05) is 13.8 Å². The molecule has 0 unspecified atom stereocenters. The number of aryl methyl sites for hydroxylation is 1. The van der Waals surface area contributed by atoms with Gasteiger partial charge in [0.25, 0.3) is 0 Å². The molecular weight excluding hydrogens is 264 g/mol. The first-order valence-corrected chi connectivity index (χ1v) is 7.76. The zero-order chi connectivity index (χ0) is 15.1. The van der Waals surface area contributed by atoms with Crippen LogP contribution in [0.15, 0.2) is 24.7 Å². The van der Waals surface area contributed by atoms with Crippen molar-refractivity contribution in [1.82, 2.24) is 24.5 Å². The Labute approximate surface area is 126 Å². The summed E-state index contributed by atoms with van der Waals surface area (Å²) in [5.41, 5.74) is 2.24. The van der Waals surface area contributed by atoms with Crippen molar-refractivity contribution in [1.29, 1.82) is 0 Å². The molecule has 0 aliphatic carbocycles. The van der Waals surface area contributed by atoms with Gasteiger partial charge >= 0.3 is 0 Å². The van der Waals surface area contributed by atoms with Crippen LogP contribution in [0.25, 0.3) is 0 Å². The fraction of sp³-hybridized carbons (Fsp3) is 0.600. The Morgan fingerprint density at radius 1 is 1.19 bits per heavy atom. The van der Waals surface area contributed by atoms with Crippen molar-refractivity contribution in [3.8, 4) is 0 Å². The molecule has 21 heavy (non-hydrogen) atoms. The van der Waals surface area contributed by atoms with Gasteiger partial charge in [-0.05, 0) is 26.1 Å². The smallest absolute Gasteiger partial charge is 0.0729 e. The average Bonchev–Trinajstić information content (AvgIpc) is 3.14. The number of hydrogen-bond acceptors (Lipinski definition) is 4. The minimum atomic E-state index is 0.773. The first kappa shape index (κ1) is 15.6. The van der Waals surface area contributed by atoms with Crippen molar-refractivity contribution in [3.05, 3.63) is 30.4 Å². The summed E-state index contributed by atoms with van der Waals surface area (Å²) in [5, 5.41) is 12.1. The van der Waals surface area contributed by atoms with Crippen LogP contribution in [-0.4, -0.2) is 44.1 Å². The molecule has 0 aliphatic rings. The molecule has 2 aromatic rings. The van der Waals surface area contributed by atoms with Crippen molar-refractivity contribution >= 4 is 5.69 Å². The van der Waals surface area contributed by atoms with E-state index in [1.165, 1.54) is 5.69 Å². The van der Waals surface area contributed by atoms with Gasteiger partial charge in [0.2, 0.25) is 0 Å². The molecule has 6 heteroatoms. The summed E-state index contributed by atoms with van der Waals surface area (Å²) in [6.45, 7) is 12.3. The number of nitrogens with one attached hydrogen (secondary N) is 1. The van der Waals surface area contributed by atoms with Gasteiger partial charge in [-0.15, -0.1) is 0 Å². The lowest BCUT2D eigenvalue weighted by Gasteiger charge is -2.17. The summed E-state index contributed by atoms with van der Waals surface area (Å²) in [4.78, 5) is 2.40. The summed E-state index contributed by atoms with van der Waals surface area (Å²) in [6, 6.07) is 2.04. The summed E-state index contributed by atoms with van der Waals surface area (Å²) >= 11 is 0. The number of nitrogens with zero attached hydrogens (tertiary/aromatic N) is 5. The number of aromatic nitrogens is 4. The molecular formula is C15H26N6. The van der Waals surface area contributed by atoms with Crippen LogP contribution in [-0.2, 0) is 19.6 Å². The zero-order valence-electron chi connectivity index (χ0n) is 13.3. The van der Waals surface area contributed by atoms with Gasteiger partial charge in [0, 0.05) is 25.5 Å². The van der Waals surface area contributed by atoms with Gasteiger partial charge < -0.3 is 10.2 Å². The van der Waals surface area contributed by atoms with E-state index < -0.39 is 0 Å². The van der Waals surface area contributed by atoms with Crippen molar-refractivity contribution in [2.75, 3.05) is 25.0 Å². The van der Waals surface area contributed by atoms with E-state index in [-0.39, 0.29) is 0 Å². The summed E-state index contributed by atoms with van der Waals surface area (Å²) in [6.07, 6.45) is 5.79. The third-order valence-corrected chi connectivity index (χ3v) is 3.75. The SMILES string of the molecule is CCN(CC)CCn1cc(NCc2ccnn2CC)cn1. The Bertz CT molecular complexity index is 526. The lowest BCUT2D eigenvalue weighted by atomic mass is 10.4. The number of rotatable bonds is 9. The molecule has 116 valence electrons. The largest absolute Gasteiger partial charge is 0.377 e. The van der Waals surface area contributed by atoms with E-state index in [0.29, 0.717) is 0 Å². The molecule has 6 nitrogen and oxygen atoms in total. The lowest BCUT2D eigenvalue weighted by Crippen LogP contribution is -2.27. The van der Waals surface area contributed by atoms with Gasteiger partial charge in [0.15, 0.2) is 0 Å². The van der Waals surface area contributed by atoms with Crippen LogP contribution >= 0.6 is 0 Å². The second kappa shape index (κ2) is 7.83. The highest BCUT2D eigenvalue weighted by molar-refractivity contribution is 5.38.